The van der Waals surface area contributed by atoms with Gasteiger partial charge in [-0.2, -0.15) is 13.2 Å². The summed E-state index contributed by atoms with van der Waals surface area (Å²) in [7, 11) is 0. The third kappa shape index (κ3) is 4.25. The lowest BCUT2D eigenvalue weighted by Gasteiger charge is -2.20. The second-order valence-electron chi connectivity index (χ2n) is 3.90. The quantitative estimate of drug-likeness (QED) is 0.796. The Bertz CT molecular complexity index is 368. The lowest BCUT2D eigenvalue weighted by molar-refractivity contribution is -0.136. The van der Waals surface area contributed by atoms with Gasteiger partial charge in [0, 0.05) is 18.0 Å². The van der Waals surface area contributed by atoms with Crippen LogP contribution in [0.2, 0.25) is 0 Å². The zero-order valence-electron chi connectivity index (χ0n) is 9.82. The molecular formula is C12H14F5N. The van der Waals surface area contributed by atoms with Gasteiger partial charge in [-0.3, -0.25) is 0 Å². The van der Waals surface area contributed by atoms with E-state index < -0.39 is 36.7 Å². The first-order valence-electron chi connectivity index (χ1n) is 5.59. The van der Waals surface area contributed by atoms with Crippen LogP contribution < -0.4 is 5.32 Å². The molecule has 0 bridgehead atoms. The van der Waals surface area contributed by atoms with Crippen molar-refractivity contribution >= 4 is 0 Å². The average Bonchev–Trinajstić information content (AvgIpc) is 2.24. The van der Waals surface area contributed by atoms with Crippen LogP contribution in [0.15, 0.2) is 18.2 Å². The smallest absolute Gasteiger partial charge is 0.310 e. The van der Waals surface area contributed by atoms with Crippen molar-refractivity contribution in [3.05, 3.63) is 35.4 Å². The summed E-state index contributed by atoms with van der Waals surface area (Å²) in [6.07, 6.45) is -5.82. The maximum absolute atomic E-state index is 13.5. The number of rotatable bonds is 5. The monoisotopic (exact) mass is 267 g/mol. The molecule has 0 amide bonds. The molecule has 0 fully saturated rings. The number of hydrogen-bond donors (Lipinski definition) is 1. The molecule has 0 saturated carbocycles. The normalized spacial score (nSPS) is 13.7. The Labute approximate surface area is 102 Å². The van der Waals surface area contributed by atoms with Gasteiger partial charge in [0.25, 0.3) is 0 Å². The maximum atomic E-state index is 13.5. The van der Waals surface area contributed by atoms with Crippen LogP contribution in [0.5, 0.6) is 0 Å². The van der Waals surface area contributed by atoms with E-state index in [0.717, 1.165) is 12.1 Å². The maximum Gasteiger partial charge on any atom is 0.389 e. The first-order valence-corrected chi connectivity index (χ1v) is 5.59. The van der Waals surface area contributed by atoms with Crippen molar-refractivity contribution < 1.29 is 22.0 Å². The van der Waals surface area contributed by atoms with Crippen molar-refractivity contribution in [1.82, 2.24) is 5.32 Å². The molecule has 1 rings (SSSR count). The predicted octanol–water partition coefficient (Wildman–Crippen LogP) is 3.96. The van der Waals surface area contributed by atoms with E-state index >= 15 is 0 Å². The number of hydrogen-bond acceptors (Lipinski definition) is 1. The minimum atomic E-state index is -4.34. The summed E-state index contributed by atoms with van der Waals surface area (Å²) in [6.45, 7) is 2.00. The standard InChI is InChI=1S/C12H14F5N/c1-2-18-10(6-7-12(15,16)17)11-8(13)4-3-5-9(11)14/h3-5,10,18H,2,6-7H2,1H3. The minimum Gasteiger partial charge on any atom is -0.310 e. The summed E-state index contributed by atoms with van der Waals surface area (Å²) in [5.41, 5.74) is -0.330. The summed E-state index contributed by atoms with van der Waals surface area (Å²) >= 11 is 0. The van der Waals surface area contributed by atoms with Crippen molar-refractivity contribution in [1.29, 1.82) is 0 Å². The lowest BCUT2D eigenvalue weighted by Crippen LogP contribution is -2.25. The molecule has 1 unspecified atom stereocenters. The highest BCUT2D eigenvalue weighted by Gasteiger charge is 2.30. The highest BCUT2D eigenvalue weighted by molar-refractivity contribution is 5.23. The number of halogens is 5. The highest BCUT2D eigenvalue weighted by atomic mass is 19.4. The fourth-order valence-corrected chi connectivity index (χ4v) is 1.75. The van der Waals surface area contributed by atoms with Crippen LogP contribution in [0.4, 0.5) is 22.0 Å². The van der Waals surface area contributed by atoms with Crippen LogP contribution in [-0.2, 0) is 0 Å². The first-order chi connectivity index (χ1) is 8.35. The van der Waals surface area contributed by atoms with E-state index in [4.69, 9.17) is 0 Å². The molecule has 6 heteroatoms. The van der Waals surface area contributed by atoms with Gasteiger partial charge in [-0.25, -0.2) is 8.78 Å². The van der Waals surface area contributed by atoms with Gasteiger partial charge >= 0.3 is 6.18 Å². The fourth-order valence-electron chi connectivity index (χ4n) is 1.75. The zero-order valence-corrected chi connectivity index (χ0v) is 9.82. The number of alkyl halides is 3. The summed E-state index contributed by atoms with van der Waals surface area (Å²) in [5.74, 6) is -1.66. The molecule has 0 spiro atoms. The zero-order chi connectivity index (χ0) is 13.8. The number of benzene rings is 1. The Hall–Kier alpha value is -1.17. The molecule has 0 aliphatic carbocycles. The summed E-state index contributed by atoms with van der Waals surface area (Å²) < 4.78 is 63.4. The second-order valence-corrected chi connectivity index (χ2v) is 3.90. The van der Waals surface area contributed by atoms with Crippen molar-refractivity contribution in [2.24, 2.45) is 0 Å². The summed E-state index contributed by atoms with van der Waals surface area (Å²) in [4.78, 5) is 0. The SMILES string of the molecule is CCNC(CCC(F)(F)F)c1c(F)cccc1F. The van der Waals surface area contributed by atoms with Crippen molar-refractivity contribution in [3.8, 4) is 0 Å². The molecule has 1 aromatic rings. The van der Waals surface area contributed by atoms with E-state index in [9.17, 15) is 22.0 Å². The van der Waals surface area contributed by atoms with Crippen molar-refractivity contribution in [3.63, 3.8) is 0 Å². The molecule has 18 heavy (non-hydrogen) atoms. The van der Waals surface area contributed by atoms with Crippen LogP contribution in [-0.4, -0.2) is 12.7 Å². The van der Waals surface area contributed by atoms with Crippen LogP contribution in [0.3, 0.4) is 0 Å². The molecule has 102 valence electrons. The molecule has 0 heterocycles. The van der Waals surface area contributed by atoms with Gasteiger partial charge in [0.1, 0.15) is 11.6 Å². The van der Waals surface area contributed by atoms with Crippen LogP contribution in [0.25, 0.3) is 0 Å². The molecule has 0 aromatic heterocycles. The average molecular weight is 267 g/mol. The molecule has 0 radical (unpaired) electrons. The Morgan fingerprint density at radius 2 is 1.72 bits per heavy atom. The van der Waals surface area contributed by atoms with Crippen LogP contribution in [0.1, 0.15) is 31.4 Å². The Morgan fingerprint density at radius 1 is 1.17 bits per heavy atom. The third-order valence-corrected chi connectivity index (χ3v) is 2.52. The molecule has 1 nitrogen and oxygen atoms in total. The molecule has 1 aromatic carbocycles. The summed E-state index contributed by atoms with van der Waals surface area (Å²) in [6, 6.07) is 2.28. The van der Waals surface area contributed by atoms with Crippen molar-refractivity contribution in [2.75, 3.05) is 6.54 Å². The van der Waals surface area contributed by atoms with Crippen LogP contribution in [0, 0.1) is 11.6 Å². The van der Waals surface area contributed by atoms with E-state index in [-0.39, 0.29) is 5.56 Å². The Morgan fingerprint density at radius 3 is 2.17 bits per heavy atom. The van der Waals surface area contributed by atoms with Gasteiger partial charge in [-0.15, -0.1) is 0 Å². The van der Waals surface area contributed by atoms with Gasteiger partial charge < -0.3 is 5.32 Å². The molecule has 0 aliphatic heterocycles. The topological polar surface area (TPSA) is 12.0 Å². The second kappa shape index (κ2) is 6.13. The number of nitrogens with one attached hydrogen (secondary N) is 1. The molecule has 1 N–H and O–H groups in total. The van der Waals surface area contributed by atoms with E-state index in [2.05, 4.69) is 5.32 Å². The van der Waals surface area contributed by atoms with E-state index in [1.807, 2.05) is 0 Å². The Kier molecular flexibility index (Phi) is 5.07. The van der Waals surface area contributed by atoms with Gasteiger partial charge in [0.2, 0.25) is 0 Å². The molecule has 0 aliphatic rings. The van der Waals surface area contributed by atoms with Gasteiger partial charge in [0.05, 0.1) is 0 Å². The lowest BCUT2D eigenvalue weighted by atomic mass is 10.0. The largest absolute Gasteiger partial charge is 0.389 e. The minimum absolute atomic E-state index is 0.330. The van der Waals surface area contributed by atoms with E-state index in [1.54, 1.807) is 6.92 Å². The Balaban J connectivity index is 2.90. The van der Waals surface area contributed by atoms with E-state index in [0.29, 0.717) is 6.54 Å². The molecule has 1 atom stereocenters. The molecule has 0 saturated heterocycles. The van der Waals surface area contributed by atoms with Gasteiger partial charge in [0.15, 0.2) is 0 Å². The molecular weight excluding hydrogens is 253 g/mol. The van der Waals surface area contributed by atoms with Crippen LogP contribution >= 0.6 is 0 Å². The highest BCUT2D eigenvalue weighted by Crippen LogP contribution is 2.29. The van der Waals surface area contributed by atoms with Gasteiger partial charge in [-0.05, 0) is 25.1 Å². The summed E-state index contributed by atoms with van der Waals surface area (Å²) in [5, 5.41) is 2.67. The van der Waals surface area contributed by atoms with Gasteiger partial charge in [-0.1, -0.05) is 13.0 Å². The first kappa shape index (κ1) is 14.9. The predicted molar refractivity (Wildman–Crippen MR) is 58.1 cm³/mol. The van der Waals surface area contributed by atoms with E-state index in [1.165, 1.54) is 6.07 Å². The third-order valence-electron chi connectivity index (χ3n) is 2.52. The fraction of sp³-hybridized carbons (Fsp3) is 0.500. The van der Waals surface area contributed by atoms with Crippen molar-refractivity contribution in [2.45, 2.75) is 32.0 Å².